The second-order valence-electron chi connectivity index (χ2n) is 5.64. The Balaban J connectivity index is 1.94. The molecule has 0 saturated heterocycles. The number of fused-ring (bicyclic) bond motifs is 1. The lowest BCUT2D eigenvalue weighted by molar-refractivity contribution is 0.622. The number of aryl methyl sites for hydroxylation is 2. The van der Waals surface area contributed by atoms with Gasteiger partial charge in [-0.15, -0.1) is 0 Å². The summed E-state index contributed by atoms with van der Waals surface area (Å²) in [6.45, 7) is 2.71. The molecule has 3 nitrogen and oxygen atoms in total. The van der Waals surface area contributed by atoms with Crippen molar-refractivity contribution in [3.63, 3.8) is 0 Å². The van der Waals surface area contributed by atoms with E-state index in [-0.39, 0.29) is 5.92 Å². The van der Waals surface area contributed by atoms with Gasteiger partial charge in [0.25, 0.3) is 0 Å². The van der Waals surface area contributed by atoms with Gasteiger partial charge in [-0.1, -0.05) is 42.0 Å². The first-order chi connectivity index (χ1) is 10.2. The molecule has 1 atom stereocenters. The Morgan fingerprint density at radius 3 is 2.48 bits per heavy atom. The lowest BCUT2D eigenvalue weighted by Gasteiger charge is -2.15. The number of rotatable bonds is 4. The summed E-state index contributed by atoms with van der Waals surface area (Å²) in [6.07, 6.45) is 0.925. The van der Waals surface area contributed by atoms with E-state index in [1.807, 2.05) is 12.1 Å². The van der Waals surface area contributed by atoms with Gasteiger partial charge in [0.05, 0.1) is 11.0 Å². The molecule has 1 aromatic heterocycles. The Morgan fingerprint density at radius 1 is 1.10 bits per heavy atom. The summed E-state index contributed by atoms with van der Waals surface area (Å²) in [5, 5.41) is 0. The van der Waals surface area contributed by atoms with Gasteiger partial charge in [0.2, 0.25) is 0 Å². The zero-order chi connectivity index (χ0) is 14.8. The number of aromatic nitrogens is 2. The molecular weight excluding hydrogens is 258 g/mol. The quantitative estimate of drug-likeness (QED) is 0.797. The Bertz CT molecular complexity index is 741. The van der Waals surface area contributed by atoms with Gasteiger partial charge in [-0.3, -0.25) is 0 Å². The van der Waals surface area contributed by atoms with E-state index in [0.29, 0.717) is 6.54 Å². The van der Waals surface area contributed by atoms with Gasteiger partial charge >= 0.3 is 0 Å². The van der Waals surface area contributed by atoms with Gasteiger partial charge in [0, 0.05) is 19.5 Å². The van der Waals surface area contributed by atoms with Crippen LogP contribution in [0.1, 0.15) is 22.9 Å². The second-order valence-corrected chi connectivity index (χ2v) is 5.64. The number of benzene rings is 2. The number of nitrogens with zero attached hydrogens (tertiary/aromatic N) is 2. The highest BCUT2D eigenvalue weighted by atomic mass is 15.1. The van der Waals surface area contributed by atoms with Crippen molar-refractivity contribution in [3.05, 3.63) is 65.5 Å². The Morgan fingerprint density at radius 2 is 1.81 bits per heavy atom. The van der Waals surface area contributed by atoms with E-state index in [1.165, 1.54) is 11.1 Å². The van der Waals surface area contributed by atoms with Crippen molar-refractivity contribution in [2.45, 2.75) is 19.3 Å². The molecule has 21 heavy (non-hydrogen) atoms. The minimum absolute atomic E-state index is 0.241. The van der Waals surface area contributed by atoms with Gasteiger partial charge in [-0.2, -0.15) is 0 Å². The Kier molecular flexibility index (Phi) is 3.76. The van der Waals surface area contributed by atoms with Crippen molar-refractivity contribution in [2.75, 3.05) is 6.54 Å². The molecule has 0 aliphatic rings. The molecule has 0 bridgehead atoms. The summed E-state index contributed by atoms with van der Waals surface area (Å²) in [5.74, 6) is 1.31. The molecule has 3 aromatic rings. The summed E-state index contributed by atoms with van der Waals surface area (Å²) < 4.78 is 2.17. The van der Waals surface area contributed by atoms with E-state index in [0.717, 1.165) is 23.3 Å². The monoisotopic (exact) mass is 279 g/mol. The highest BCUT2D eigenvalue weighted by molar-refractivity contribution is 5.75. The lowest BCUT2D eigenvalue weighted by Crippen LogP contribution is -2.18. The van der Waals surface area contributed by atoms with Crippen LogP contribution in [0.2, 0.25) is 0 Å². The zero-order valence-corrected chi connectivity index (χ0v) is 12.6. The third kappa shape index (κ3) is 2.69. The van der Waals surface area contributed by atoms with Crippen LogP contribution < -0.4 is 5.73 Å². The Hall–Kier alpha value is -2.13. The van der Waals surface area contributed by atoms with E-state index in [9.17, 15) is 0 Å². The van der Waals surface area contributed by atoms with Gasteiger partial charge in [0.15, 0.2) is 0 Å². The average molecular weight is 279 g/mol. The van der Waals surface area contributed by atoms with Gasteiger partial charge in [-0.25, -0.2) is 4.98 Å². The predicted octanol–water partition coefficient (Wildman–Crippen LogP) is 3.17. The molecule has 2 N–H and O–H groups in total. The largest absolute Gasteiger partial charge is 0.331 e. The fourth-order valence-corrected chi connectivity index (χ4v) is 2.82. The van der Waals surface area contributed by atoms with Crippen molar-refractivity contribution in [2.24, 2.45) is 12.8 Å². The van der Waals surface area contributed by atoms with Gasteiger partial charge in [-0.05, 0) is 31.0 Å². The van der Waals surface area contributed by atoms with Crippen LogP contribution in [0, 0.1) is 6.92 Å². The summed E-state index contributed by atoms with van der Waals surface area (Å²) in [5.41, 5.74) is 10.8. The maximum Gasteiger partial charge on any atom is 0.114 e. The molecule has 108 valence electrons. The zero-order valence-electron chi connectivity index (χ0n) is 12.6. The van der Waals surface area contributed by atoms with Crippen LogP contribution in [-0.4, -0.2) is 16.1 Å². The summed E-state index contributed by atoms with van der Waals surface area (Å²) >= 11 is 0. The molecular formula is C18H21N3. The fourth-order valence-electron chi connectivity index (χ4n) is 2.82. The smallest absolute Gasteiger partial charge is 0.114 e. The predicted molar refractivity (Wildman–Crippen MR) is 87.4 cm³/mol. The molecule has 1 heterocycles. The maximum atomic E-state index is 6.02. The fraction of sp³-hybridized carbons (Fsp3) is 0.278. The van der Waals surface area contributed by atoms with E-state index >= 15 is 0 Å². The first-order valence-corrected chi connectivity index (χ1v) is 7.36. The third-order valence-corrected chi connectivity index (χ3v) is 4.07. The van der Waals surface area contributed by atoms with E-state index < -0.39 is 0 Å². The van der Waals surface area contributed by atoms with E-state index in [1.54, 1.807) is 0 Å². The summed E-state index contributed by atoms with van der Waals surface area (Å²) in [7, 11) is 2.07. The molecule has 0 fully saturated rings. The number of hydrogen-bond donors (Lipinski definition) is 1. The molecule has 1 unspecified atom stereocenters. The van der Waals surface area contributed by atoms with Crippen molar-refractivity contribution < 1.29 is 0 Å². The van der Waals surface area contributed by atoms with Crippen LogP contribution in [0.3, 0.4) is 0 Å². The van der Waals surface area contributed by atoms with Crippen molar-refractivity contribution in [1.29, 1.82) is 0 Å². The van der Waals surface area contributed by atoms with Gasteiger partial charge in [0.1, 0.15) is 5.82 Å². The first-order valence-electron chi connectivity index (χ1n) is 7.36. The van der Waals surface area contributed by atoms with Crippen LogP contribution in [0.4, 0.5) is 0 Å². The standard InChI is InChI=1S/C18H21N3/c1-13-7-9-14(10-8-13)11-15(12-19)18-20-16-5-3-4-6-17(16)21(18)2/h3-10,15H,11-12,19H2,1-2H3. The van der Waals surface area contributed by atoms with Crippen LogP contribution >= 0.6 is 0 Å². The van der Waals surface area contributed by atoms with Crippen molar-refractivity contribution in [3.8, 4) is 0 Å². The molecule has 0 spiro atoms. The normalized spacial score (nSPS) is 12.7. The molecule has 0 saturated carbocycles. The number of para-hydroxylation sites is 2. The number of hydrogen-bond acceptors (Lipinski definition) is 2. The minimum atomic E-state index is 0.241. The molecule has 2 aromatic carbocycles. The highest BCUT2D eigenvalue weighted by Gasteiger charge is 2.17. The molecule has 3 rings (SSSR count). The van der Waals surface area contributed by atoms with Gasteiger partial charge < -0.3 is 10.3 Å². The highest BCUT2D eigenvalue weighted by Crippen LogP contribution is 2.23. The molecule has 3 heteroatoms. The van der Waals surface area contributed by atoms with Crippen LogP contribution in [0.5, 0.6) is 0 Å². The van der Waals surface area contributed by atoms with Crippen LogP contribution in [-0.2, 0) is 13.5 Å². The number of imidazole rings is 1. The summed E-state index contributed by atoms with van der Waals surface area (Å²) in [6, 6.07) is 16.9. The minimum Gasteiger partial charge on any atom is -0.331 e. The van der Waals surface area contributed by atoms with E-state index in [2.05, 4.69) is 54.9 Å². The van der Waals surface area contributed by atoms with Crippen LogP contribution in [0.25, 0.3) is 11.0 Å². The maximum absolute atomic E-state index is 6.02. The van der Waals surface area contributed by atoms with Crippen LogP contribution in [0.15, 0.2) is 48.5 Å². The topological polar surface area (TPSA) is 43.8 Å². The molecule has 0 aliphatic heterocycles. The molecule has 0 radical (unpaired) electrons. The summed E-state index contributed by atoms with van der Waals surface area (Å²) in [4.78, 5) is 4.78. The molecule has 0 amide bonds. The van der Waals surface area contributed by atoms with Crippen molar-refractivity contribution in [1.82, 2.24) is 9.55 Å². The lowest BCUT2D eigenvalue weighted by atomic mass is 9.98. The first kappa shape index (κ1) is 13.8. The van der Waals surface area contributed by atoms with Crippen molar-refractivity contribution >= 4 is 11.0 Å². The molecule has 0 aliphatic carbocycles. The second kappa shape index (κ2) is 5.70. The van der Waals surface area contributed by atoms with E-state index in [4.69, 9.17) is 10.7 Å². The third-order valence-electron chi connectivity index (χ3n) is 4.07. The average Bonchev–Trinajstić information content (AvgIpc) is 2.84. The SMILES string of the molecule is Cc1ccc(CC(CN)c2nc3ccccc3n2C)cc1. The number of nitrogens with two attached hydrogens (primary N) is 1. The Labute approximate surface area is 125 Å².